The maximum Gasteiger partial charge on any atom is 0.157 e. The van der Waals surface area contributed by atoms with Gasteiger partial charge in [-0.2, -0.15) is 5.10 Å². The third-order valence-electron chi connectivity index (χ3n) is 1.77. The Kier molecular flexibility index (Phi) is 1.46. The van der Waals surface area contributed by atoms with Crippen LogP contribution in [0.25, 0.3) is 5.65 Å². The lowest BCUT2D eigenvalue weighted by Crippen LogP contribution is -1.96. The van der Waals surface area contributed by atoms with Gasteiger partial charge in [0.05, 0.1) is 0 Å². The average Bonchev–Trinajstić information content (AvgIpc) is 2.49. The van der Waals surface area contributed by atoms with Gasteiger partial charge in [-0.1, -0.05) is 6.92 Å². The molecule has 0 atom stereocenters. The molecular formula is C8H9N3O. The second-order valence-corrected chi connectivity index (χ2v) is 2.56. The fourth-order valence-electron chi connectivity index (χ4n) is 1.14. The molecule has 0 saturated heterocycles. The van der Waals surface area contributed by atoms with Crippen molar-refractivity contribution in [2.24, 2.45) is 0 Å². The first-order valence-electron chi connectivity index (χ1n) is 3.83. The minimum Gasteiger partial charge on any atom is -0.506 e. The number of hydrogen-bond acceptors (Lipinski definition) is 3. The predicted octanol–water partition coefficient (Wildman–Crippen LogP) is 0.997. The molecule has 0 saturated carbocycles. The molecule has 62 valence electrons. The minimum atomic E-state index is 0.219. The van der Waals surface area contributed by atoms with Crippen LogP contribution in [0.4, 0.5) is 0 Å². The van der Waals surface area contributed by atoms with Crippen LogP contribution in [0.1, 0.15) is 12.6 Å². The highest BCUT2D eigenvalue weighted by atomic mass is 16.3. The second-order valence-electron chi connectivity index (χ2n) is 2.56. The monoisotopic (exact) mass is 163 g/mol. The Morgan fingerprint density at radius 3 is 3.17 bits per heavy atom. The van der Waals surface area contributed by atoms with Gasteiger partial charge in [-0.3, -0.25) is 0 Å². The summed E-state index contributed by atoms with van der Waals surface area (Å²) in [6.45, 7) is 1.95. The predicted molar refractivity (Wildman–Crippen MR) is 44.0 cm³/mol. The SMILES string of the molecule is CCc1nn2ccnc2cc1O. The number of hydrogen-bond donors (Lipinski definition) is 1. The molecule has 1 N–H and O–H groups in total. The number of fused-ring (bicyclic) bond motifs is 1. The van der Waals surface area contributed by atoms with Crippen molar-refractivity contribution in [3.05, 3.63) is 24.2 Å². The molecule has 0 aliphatic rings. The van der Waals surface area contributed by atoms with Crippen LogP contribution >= 0.6 is 0 Å². The highest BCUT2D eigenvalue weighted by molar-refractivity contribution is 5.44. The quantitative estimate of drug-likeness (QED) is 0.682. The first-order chi connectivity index (χ1) is 5.81. The van der Waals surface area contributed by atoms with Gasteiger partial charge in [0, 0.05) is 18.5 Å². The number of aromatic nitrogens is 3. The summed E-state index contributed by atoms with van der Waals surface area (Å²) in [5.74, 6) is 0.219. The third-order valence-corrected chi connectivity index (χ3v) is 1.77. The van der Waals surface area contributed by atoms with E-state index in [-0.39, 0.29) is 5.75 Å². The van der Waals surface area contributed by atoms with Crippen molar-refractivity contribution in [2.75, 3.05) is 0 Å². The molecule has 2 rings (SSSR count). The van der Waals surface area contributed by atoms with Gasteiger partial charge >= 0.3 is 0 Å². The summed E-state index contributed by atoms with van der Waals surface area (Å²) >= 11 is 0. The van der Waals surface area contributed by atoms with Crippen LogP contribution in [0.15, 0.2) is 18.5 Å². The lowest BCUT2D eigenvalue weighted by atomic mass is 10.3. The Labute approximate surface area is 69.5 Å². The van der Waals surface area contributed by atoms with Gasteiger partial charge < -0.3 is 5.11 Å². The van der Waals surface area contributed by atoms with Gasteiger partial charge in [0.25, 0.3) is 0 Å². The average molecular weight is 163 g/mol. The zero-order valence-corrected chi connectivity index (χ0v) is 6.73. The third kappa shape index (κ3) is 0.922. The highest BCUT2D eigenvalue weighted by Crippen LogP contribution is 2.15. The van der Waals surface area contributed by atoms with Gasteiger partial charge in [0.1, 0.15) is 11.4 Å². The van der Waals surface area contributed by atoms with Gasteiger partial charge in [0.2, 0.25) is 0 Å². The molecular weight excluding hydrogens is 154 g/mol. The molecule has 0 radical (unpaired) electrons. The van der Waals surface area contributed by atoms with Crippen LogP contribution in [-0.4, -0.2) is 19.7 Å². The summed E-state index contributed by atoms with van der Waals surface area (Å²) in [5, 5.41) is 13.6. The summed E-state index contributed by atoms with van der Waals surface area (Å²) in [6, 6.07) is 1.62. The Bertz CT molecular complexity index is 408. The molecule has 0 fully saturated rings. The molecule has 0 aromatic carbocycles. The first-order valence-corrected chi connectivity index (χ1v) is 3.83. The Balaban J connectivity index is 2.73. The van der Waals surface area contributed by atoms with Crippen molar-refractivity contribution >= 4 is 5.65 Å². The maximum atomic E-state index is 9.41. The van der Waals surface area contributed by atoms with Gasteiger partial charge in [-0.25, -0.2) is 9.50 Å². The number of nitrogens with zero attached hydrogens (tertiary/aromatic N) is 3. The van der Waals surface area contributed by atoms with Crippen molar-refractivity contribution in [2.45, 2.75) is 13.3 Å². The summed E-state index contributed by atoms with van der Waals surface area (Å²) < 4.78 is 1.65. The van der Waals surface area contributed by atoms with Crippen LogP contribution in [0.5, 0.6) is 5.75 Å². The normalized spacial score (nSPS) is 10.8. The van der Waals surface area contributed by atoms with Gasteiger partial charge in [0.15, 0.2) is 5.65 Å². The largest absolute Gasteiger partial charge is 0.506 e. The molecule has 2 heterocycles. The Hall–Kier alpha value is -1.58. The van der Waals surface area contributed by atoms with Crippen molar-refractivity contribution < 1.29 is 5.11 Å². The van der Waals surface area contributed by atoms with Crippen LogP contribution < -0.4 is 0 Å². The van der Waals surface area contributed by atoms with E-state index in [9.17, 15) is 5.11 Å². The Morgan fingerprint density at radius 1 is 1.58 bits per heavy atom. The Morgan fingerprint density at radius 2 is 2.42 bits per heavy atom. The summed E-state index contributed by atoms with van der Waals surface area (Å²) in [4.78, 5) is 4.00. The maximum absolute atomic E-state index is 9.41. The molecule has 2 aromatic heterocycles. The van der Waals surface area contributed by atoms with Crippen LogP contribution in [0, 0.1) is 0 Å². The molecule has 0 aliphatic carbocycles. The van der Waals surface area contributed by atoms with Gasteiger partial charge in [-0.15, -0.1) is 0 Å². The molecule has 4 nitrogen and oxygen atoms in total. The van der Waals surface area contributed by atoms with E-state index >= 15 is 0 Å². The number of aromatic hydroxyl groups is 1. The van der Waals surface area contributed by atoms with E-state index in [2.05, 4.69) is 10.1 Å². The smallest absolute Gasteiger partial charge is 0.157 e. The van der Waals surface area contributed by atoms with E-state index in [4.69, 9.17) is 0 Å². The van der Waals surface area contributed by atoms with E-state index < -0.39 is 0 Å². The van der Waals surface area contributed by atoms with E-state index in [1.807, 2.05) is 6.92 Å². The van der Waals surface area contributed by atoms with Crippen molar-refractivity contribution in [3.63, 3.8) is 0 Å². The van der Waals surface area contributed by atoms with Crippen molar-refractivity contribution in [1.29, 1.82) is 0 Å². The zero-order chi connectivity index (χ0) is 8.55. The van der Waals surface area contributed by atoms with Crippen LogP contribution in [0.3, 0.4) is 0 Å². The molecule has 0 unspecified atom stereocenters. The van der Waals surface area contributed by atoms with E-state index in [1.54, 1.807) is 23.0 Å². The molecule has 0 amide bonds. The standard InChI is InChI=1S/C8H9N3O/c1-2-6-7(12)5-8-9-3-4-11(8)10-6/h3-5,12H,2H2,1H3. The lowest BCUT2D eigenvalue weighted by Gasteiger charge is -2.00. The van der Waals surface area contributed by atoms with E-state index in [1.165, 1.54) is 0 Å². The van der Waals surface area contributed by atoms with Crippen molar-refractivity contribution in [3.8, 4) is 5.75 Å². The zero-order valence-electron chi connectivity index (χ0n) is 6.73. The first kappa shape index (κ1) is 7.09. The van der Waals surface area contributed by atoms with E-state index in [0.717, 1.165) is 6.42 Å². The summed E-state index contributed by atoms with van der Waals surface area (Å²) in [7, 11) is 0. The second kappa shape index (κ2) is 2.48. The summed E-state index contributed by atoms with van der Waals surface area (Å²) in [5.41, 5.74) is 1.37. The van der Waals surface area contributed by atoms with Crippen LogP contribution in [0.2, 0.25) is 0 Å². The fourth-order valence-corrected chi connectivity index (χ4v) is 1.14. The fraction of sp³-hybridized carbons (Fsp3) is 0.250. The van der Waals surface area contributed by atoms with Crippen LogP contribution in [-0.2, 0) is 6.42 Å². The molecule has 0 bridgehead atoms. The highest BCUT2D eigenvalue weighted by Gasteiger charge is 2.03. The van der Waals surface area contributed by atoms with Gasteiger partial charge in [-0.05, 0) is 6.42 Å². The molecule has 4 heteroatoms. The topological polar surface area (TPSA) is 50.4 Å². The van der Waals surface area contributed by atoms with E-state index in [0.29, 0.717) is 11.3 Å². The number of aryl methyl sites for hydroxylation is 1. The molecule has 0 spiro atoms. The molecule has 2 aromatic rings. The number of rotatable bonds is 1. The molecule has 12 heavy (non-hydrogen) atoms. The van der Waals surface area contributed by atoms with Crippen molar-refractivity contribution in [1.82, 2.24) is 14.6 Å². The molecule has 0 aliphatic heterocycles. The summed E-state index contributed by atoms with van der Waals surface area (Å²) in [6.07, 6.45) is 4.13. The minimum absolute atomic E-state index is 0.219. The lowest BCUT2D eigenvalue weighted by molar-refractivity contribution is 0.462. The number of imidazole rings is 1.